The van der Waals surface area contributed by atoms with E-state index in [-0.39, 0.29) is 12.5 Å². The molecule has 0 aliphatic carbocycles. The van der Waals surface area contributed by atoms with Gasteiger partial charge in [-0.1, -0.05) is 35.0 Å². The van der Waals surface area contributed by atoms with Crippen molar-refractivity contribution < 1.29 is 17.9 Å². The van der Waals surface area contributed by atoms with E-state index in [0.29, 0.717) is 6.54 Å². The summed E-state index contributed by atoms with van der Waals surface area (Å²) in [5, 5.41) is 3.14. The van der Waals surface area contributed by atoms with Gasteiger partial charge < -0.3 is 10.1 Å². The van der Waals surface area contributed by atoms with Crippen LogP contribution in [0.4, 0.5) is 13.2 Å². The minimum absolute atomic E-state index is 0.0497. The maximum atomic E-state index is 12.1. The van der Waals surface area contributed by atoms with Crippen LogP contribution in [0.1, 0.15) is 18.4 Å². The zero-order valence-corrected chi connectivity index (χ0v) is 12.2. The maximum absolute atomic E-state index is 12.1. The zero-order valence-electron chi connectivity index (χ0n) is 10.6. The molecule has 0 aliphatic heterocycles. The topological polar surface area (TPSA) is 21.3 Å². The molecule has 0 fully saturated rings. The Labute approximate surface area is 119 Å². The lowest BCUT2D eigenvalue weighted by molar-refractivity contribution is -0.174. The van der Waals surface area contributed by atoms with E-state index in [2.05, 4.69) is 21.2 Å². The number of nitrogens with one attached hydrogen (secondary N) is 1. The fraction of sp³-hybridized carbons (Fsp3) is 0.538. The zero-order chi connectivity index (χ0) is 14.3. The number of halogens is 4. The summed E-state index contributed by atoms with van der Waals surface area (Å²) in [6.07, 6.45) is -4.28. The van der Waals surface area contributed by atoms with Crippen molar-refractivity contribution in [3.05, 3.63) is 34.3 Å². The number of hydrogen-bond donors (Lipinski definition) is 1. The molecule has 1 rings (SSSR count). The van der Waals surface area contributed by atoms with Crippen LogP contribution in [0.3, 0.4) is 0 Å². The molecular weight excluding hydrogens is 323 g/mol. The average Bonchev–Trinajstić information content (AvgIpc) is 2.33. The molecule has 1 unspecified atom stereocenters. The van der Waals surface area contributed by atoms with Gasteiger partial charge in [-0.3, -0.25) is 0 Å². The number of rotatable bonds is 7. The lowest BCUT2D eigenvalue weighted by Gasteiger charge is -2.18. The van der Waals surface area contributed by atoms with Crippen LogP contribution in [-0.2, 0) is 4.74 Å². The van der Waals surface area contributed by atoms with Crippen molar-refractivity contribution >= 4 is 15.9 Å². The van der Waals surface area contributed by atoms with Crippen molar-refractivity contribution in [1.82, 2.24) is 5.32 Å². The van der Waals surface area contributed by atoms with E-state index < -0.39 is 12.8 Å². The molecule has 0 heterocycles. The molecule has 0 aromatic heterocycles. The van der Waals surface area contributed by atoms with Gasteiger partial charge in [0, 0.05) is 16.9 Å². The predicted molar refractivity (Wildman–Crippen MR) is 72.3 cm³/mol. The normalized spacial score (nSPS) is 13.5. The Kier molecular flexibility index (Phi) is 6.82. The molecule has 1 atom stereocenters. The molecule has 108 valence electrons. The summed E-state index contributed by atoms with van der Waals surface area (Å²) in [6.45, 7) is 2.16. The van der Waals surface area contributed by atoms with Gasteiger partial charge in [-0.15, -0.1) is 0 Å². The Morgan fingerprint density at radius 3 is 2.42 bits per heavy atom. The third-order valence-electron chi connectivity index (χ3n) is 2.57. The van der Waals surface area contributed by atoms with Gasteiger partial charge in [0.05, 0.1) is 6.61 Å². The summed E-state index contributed by atoms with van der Waals surface area (Å²) in [5.41, 5.74) is 0.964. The summed E-state index contributed by atoms with van der Waals surface area (Å²) in [6, 6.07) is 7.53. The van der Waals surface area contributed by atoms with Crippen molar-refractivity contribution in [3.8, 4) is 0 Å². The number of hydrogen-bond acceptors (Lipinski definition) is 2. The molecule has 0 amide bonds. The van der Waals surface area contributed by atoms with E-state index >= 15 is 0 Å². The first-order valence-corrected chi connectivity index (χ1v) is 6.82. The molecule has 0 spiro atoms. The van der Waals surface area contributed by atoms with E-state index in [4.69, 9.17) is 4.74 Å². The van der Waals surface area contributed by atoms with E-state index in [0.717, 1.165) is 16.6 Å². The Hall–Kier alpha value is -0.590. The van der Waals surface area contributed by atoms with Gasteiger partial charge in [0.15, 0.2) is 0 Å². The summed E-state index contributed by atoms with van der Waals surface area (Å²) < 4.78 is 41.9. The highest BCUT2D eigenvalue weighted by molar-refractivity contribution is 9.10. The highest BCUT2D eigenvalue weighted by Crippen LogP contribution is 2.21. The van der Waals surface area contributed by atoms with Gasteiger partial charge in [-0.2, -0.15) is 13.2 Å². The van der Waals surface area contributed by atoms with E-state index in [1.54, 1.807) is 0 Å². The molecule has 6 heteroatoms. The second-order valence-corrected chi connectivity index (χ2v) is 5.10. The quantitative estimate of drug-likeness (QED) is 0.817. The molecule has 0 saturated heterocycles. The molecule has 1 N–H and O–H groups in total. The molecule has 2 nitrogen and oxygen atoms in total. The molecular formula is C13H17BrF3NO. The fourth-order valence-electron chi connectivity index (χ4n) is 1.64. The smallest absolute Gasteiger partial charge is 0.371 e. The van der Waals surface area contributed by atoms with Gasteiger partial charge in [0.25, 0.3) is 0 Å². The number of ether oxygens (including phenoxy) is 1. The first kappa shape index (κ1) is 16.5. The molecule has 0 saturated carbocycles. The predicted octanol–water partition coefficient (Wildman–Crippen LogP) is 3.72. The maximum Gasteiger partial charge on any atom is 0.411 e. The molecule has 0 bridgehead atoms. The lowest BCUT2D eigenvalue weighted by Crippen LogP contribution is -2.26. The molecule has 0 radical (unpaired) electrons. The van der Waals surface area contributed by atoms with Crippen LogP contribution in [0.25, 0.3) is 0 Å². The Morgan fingerprint density at radius 2 is 1.89 bits per heavy atom. The third-order valence-corrected chi connectivity index (χ3v) is 3.10. The summed E-state index contributed by atoms with van der Waals surface area (Å²) in [5.74, 6) is -0.0876. The fourth-order valence-corrected chi connectivity index (χ4v) is 1.91. The van der Waals surface area contributed by atoms with Crippen molar-refractivity contribution in [3.63, 3.8) is 0 Å². The summed E-state index contributed by atoms with van der Waals surface area (Å²) >= 11 is 3.33. The standard InChI is InChI=1S/C13H17BrF3NO/c1-2-18-7-11(8-19-9-13(15,16)17)10-3-5-12(14)6-4-10/h3-6,11,18H,2,7-9H2,1H3. The van der Waals surface area contributed by atoms with Gasteiger partial charge in [-0.05, 0) is 24.2 Å². The van der Waals surface area contributed by atoms with E-state index in [1.807, 2.05) is 31.2 Å². The third kappa shape index (κ3) is 6.94. The Bertz CT molecular complexity index is 367. The second kappa shape index (κ2) is 7.87. The summed E-state index contributed by atoms with van der Waals surface area (Å²) in [4.78, 5) is 0. The minimum Gasteiger partial charge on any atom is -0.371 e. The van der Waals surface area contributed by atoms with Crippen molar-refractivity contribution in [2.45, 2.75) is 19.0 Å². The van der Waals surface area contributed by atoms with Gasteiger partial charge in [-0.25, -0.2) is 0 Å². The van der Waals surface area contributed by atoms with Crippen LogP contribution in [-0.4, -0.2) is 32.5 Å². The van der Waals surface area contributed by atoms with Gasteiger partial charge >= 0.3 is 6.18 Å². The van der Waals surface area contributed by atoms with E-state index in [1.165, 1.54) is 0 Å². The highest BCUT2D eigenvalue weighted by atomic mass is 79.9. The van der Waals surface area contributed by atoms with Crippen molar-refractivity contribution in [2.24, 2.45) is 0 Å². The van der Waals surface area contributed by atoms with Crippen LogP contribution < -0.4 is 5.32 Å². The largest absolute Gasteiger partial charge is 0.411 e. The van der Waals surface area contributed by atoms with Crippen molar-refractivity contribution in [1.29, 1.82) is 0 Å². The van der Waals surface area contributed by atoms with Crippen LogP contribution >= 0.6 is 15.9 Å². The number of benzene rings is 1. The van der Waals surface area contributed by atoms with Crippen molar-refractivity contribution in [2.75, 3.05) is 26.3 Å². The average molecular weight is 340 g/mol. The van der Waals surface area contributed by atoms with Crippen LogP contribution in [0.2, 0.25) is 0 Å². The number of alkyl halides is 3. The van der Waals surface area contributed by atoms with E-state index in [9.17, 15) is 13.2 Å². The number of likely N-dealkylation sites (N-methyl/N-ethyl adjacent to an activating group) is 1. The molecule has 0 aliphatic rings. The van der Waals surface area contributed by atoms with Crippen LogP contribution in [0, 0.1) is 0 Å². The Balaban J connectivity index is 2.58. The lowest BCUT2D eigenvalue weighted by atomic mass is 10.00. The highest BCUT2D eigenvalue weighted by Gasteiger charge is 2.28. The monoisotopic (exact) mass is 339 g/mol. The SMILES string of the molecule is CCNCC(COCC(F)(F)F)c1ccc(Br)cc1. The Morgan fingerprint density at radius 1 is 1.26 bits per heavy atom. The van der Waals surface area contributed by atoms with Gasteiger partial charge in [0.2, 0.25) is 0 Å². The van der Waals surface area contributed by atoms with Gasteiger partial charge in [0.1, 0.15) is 6.61 Å². The minimum atomic E-state index is -4.28. The second-order valence-electron chi connectivity index (χ2n) is 4.19. The molecule has 19 heavy (non-hydrogen) atoms. The van der Waals surface area contributed by atoms with Crippen LogP contribution in [0.15, 0.2) is 28.7 Å². The molecule has 1 aromatic carbocycles. The molecule has 1 aromatic rings. The van der Waals surface area contributed by atoms with Crippen LogP contribution in [0.5, 0.6) is 0 Å². The first-order valence-electron chi connectivity index (χ1n) is 6.03. The first-order chi connectivity index (χ1) is 8.92. The summed E-state index contributed by atoms with van der Waals surface area (Å²) in [7, 11) is 0.